The summed E-state index contributed by atoms with van der Waals surface area (Å²) in [6, 6.07) is 15.8. The van der Waals surface area contributed by atoms with E-state index >= 15 is 0 Å². The van der Waals surface area contributed by atoms with Crippen LogP contribution in [0.5, 0.6) is 0 Å². The lowest BCUT2D eigenvalue weighted by Gasteiger charge is -2.22. The van der Waals surface area contributed by atoms with E-state index in [2.05, 4.69) is 10.3 Å². The van der Waals surface area contributed by atoms with E-state index in [1.165, 1.54) is 4.90 Å². The minimum absolute atomic E-state index is 0.00957. The number of fused-ring (bicyclic) bond motifs is 1. The zero-order chi connectivity index (χ0) is 22.2. The van der Waals surface area contributed by atoms with Crippen molar-refractivity contribution in [1.82, 2.24) is 9.88 Å². The molecule has 0 unspecified atom stereocenters. The van der Waals surface area contributed by atoms with Crippen LogP contribution in [0.15, 0.2) is 54.6 Å². The second-order valence-electron chi connectivity index (χ2n) is 6.70. The average molecular weight is 423 g/mol. The molecule has 0 saturated heterocycles. The number of rotatable bonds is 8. The second-order valence-corrected chi connectivity index (χ2v) is 6.70. The Balaban J connectivity index is 1.95. The normalized spacial score (nSPS) is 10.5. The van der Waals surface area contributed by atoms with Gasteiger partial charge in [0, 0.05) is 22.2 Å². The van der Waals surface area contributed by atoms with Crippen LogP contribution in [0.3, 0.4) is 0 Å². The molecule has 8 heteroatoms. The van der Waals surface area contributed by atoms with Gasteiger partial charge in [-0.3, -0.25) is 4.79 Å². The fourth-order valence-electron chi connectivity index (χ4n) is 3.22. The lowest BCUT2D eigenvalue weighted by molar-refractivity contribution is -0.143. The van der Waals surface area contributed by atoms with E-state index in [4.69, 9.17) is 9.47 Å². The number of ether oxygens (including phenoxy) is 2. The van der Waals surface area contributed by atoms with E-state index in [0.717, 1.165) is 10.9 Å². The van der Waals surface area contributed by atoms with Gasteiger partial charge in [-0.1, -0.05) is 36.4 Å². The lowest BCUT2D eigenvalue weighted by atomic mass is 10.1. The summed E-state index contributed by atoms with van der Waals surface area (Å²) in [6.45, 7) is 3.58. The van der Waals surface area contributed by atoms with Crippen molar-refractivity contribution < 1.29 is 23.9 Å². The minimum Gasteiger partial charge on any atom is -0.465 e. The molecule has 1 aromatic heterocycles. The number of nitrogens with one attached hydrogen (secondary N) is 2. The van der Waals surface area contributed by atoms with Crippen LogP contribution in [-0.2, 0) is 20.8 Å². The van der Waals surface area contributed by atoms with Crippen LogP contribution in [0.4, 0.5) is 10.5 Å². The maximum Gasteiger partial charge on any atom is 0.355 e. The summed E-state index contributed by atoms with van der Waals surface area (Å²) in [5, 5.41) is 3.55. The molecule has 0 aliphatic carbocycles. The molecule has 3 aromatic rings. The summed E-state index contributed by atoms with van der Waals surface area (Å²) in [5.41, 5.74) is 2.15. The molecule has 31 heavy (non-hydrogen) atoms. The van der Waals surface area contributed by atoms with Crippen LogP contribution >= 0.6 is 0 Å². The van der Waals surface area contributed by atoms with Gasteiger partial charge in [-0.25, -0.2) is 9.59 Å². The number of urea groups is 1. The smallest absolute Gasteiger partial charge is 0.355 e. The highest BCUT2D eigenvalue weighted by molar-refractivity contribution is 5.99. The maximum atomic E-state index is 13.0. The van der Waals surface area contributed by atoms with Crippen molar-refractivity contribution in [2.75, 3.05) is 25.1 Å². The third kappa shape index (κ3) is 5.42. The van der Waals surface area contributed by atoms with Crippen LogP contribution in [0.1, 0.15) is 29.9 Å². The number of benzene rings is 2. The third-order valence-corrected chi connectivity index (χ3v) is 4.58. The Hall–Kier alpha value is -3.81. The van der Waals surface area contributed by atoms with Crippen molar-refractivity contribution in [2.45, 2.75) is 20.4 Å². The van der Waals surface area contributed by atoms with E-state index < -0.39 is 18.0 Å². The van der Waals surface area contributed by atoms with Crippen LogP contribution in [-0.4, -0.2) is 47.6 Å². The van der Waals surface area contributed by atoms with Crippen LogP contribution < -0.4 is 5.32 Å². The highest BCUT2D eigenvalue weighted by Crippen LogP contribution is 2.25. The molecule has 2 amide bonds. The molecule has 3 rings (SSSR count). The minimum atomic E-state index is -0.539. The number of anilines is 1. The van der Waals surface area contributed by atoms with Gasteiger partial charge in [0.2, 0.25) is 0 Å². The lowest BCUT2D eigenvalue weighted by Crippen LogP contribution is -2.39. The molecular formula is C23H25N3O5. The van der Waals surface area contributed by atoms with Crippen molar-refractivity contribution in [3.05, 3.63) is 65.9 Å². The highest BCUT2D eigenvalue weighted by atomic mass is 16.5. The fourth-order valence-corrected chi connectivity index (χ4v) is 3.22. The van der Waals surface area contributed by atoms with Gasteiger partial charge in [0.05, 0.1) is 19.8 Å². The van der Waals surface area contributed by atoms with Gasteiger partial charge >= 0.3 is 18.0 Å². The molecule has 8 nitrogen and oxygen atoms in total. The third-order valence-electron chi connectivity index (χ3n) is 4.58. The quantitative estimate of drug-likeness (QED) is 0.535. The van der Waals surface area contributed by atoms with Gasteiger partial charge < -0.3 is 24.7 Å². The van der Waals surface area contributed by atoms with E-state index in [9.17, 15) is 14.4 Å². The summed E-state index contributed by atoms with van der Waals surface area (Å²) in [5.74, 6) is -1.06. The summed E-state index contributed by atoms with van der Waals surface area (Å²) in [6.07, 6.45) is 0. The molecule has 0 spiro atoms. The molecule has 162 valence electrons. The van der Waals surface area contributed by atoms with Crippen molar-refractivity contribution in [2.24, 2.45) is 0 Å². The first-order chi connectivity index (χ1) is 15.0. The molecule has 0 radical (unpaired) electrons. The largest absolute Gasteiger partial charge is 0.465 e. The van der Waals surface area contributed by atoms with Gasteiger partial charge in [-0.05, 0) is 32.0 Å². The SMILES string of the molecule is CCOC(=O)CN(Cc1c(C(=O)OCC)[nH]c2ccccc12)C(=O)Nc1ccccc1. The number of aromatic amines is 1. The van der Waals surface area contributed by atoms with Gasteiger partial charge in [-0.15, -0.1) is 0 Å². The Morgan fingerprint density at radius 2 is 1.61 bits per heavy atom. The fraction of sp³-hybridized carbons (Fsp3) is 0.261. The van der Waals surface area contributed by atoms with Crippen molar-refractivity contribution in [3.63, 3.8) is 0 Å². The Labute approximate surface area is 180 Å². The number of esters is 2. The van der Waals surface area contributed by atoms with Crippen molar-refractivity contribution >= 4 is 34.6 Å². The molecule has 0 bridgehead atoms. The average Bonchev–Trinajstić information content (AvgIpc) is 3.13. The summed E-state index contributed by atoms with van der Waals surface area (Å²) in [4.78, 5) is 42.1. The number of para-hydroxylation sites is 2. The highest BCUT2D eigenvalue weighted by Gasteiger charge is 2.25. The molecule has 0 aliphatic heterocycles. The zero-order valence-electron chi connectivity index (χ0n) is 17.5. The summed E-state index contributed by atoms with van der Waals surface area (Å²) >= 11 is 0. The topological polar surface area (TPSA) is 101 Å². The maximum absolute atomic E-state index is 13.0. The predicted octanol–water partition coefficient (Wildman–Crippen LogP) is 3.94. The first-order valence-electron chi connectivity index (χ1n) is 10.1. The Morgan fingerprint density at radius 3 is 2.32 bits per heavy atom. The van der Waals surface area contributed by atoms with Crippen molar-refractivity contribution in [3.8, 4) is 0 Å². The van der Waals surface area contributed by atoms with Crippen LogP contribution in [0, 0.1) is 0 Å². The predicted molar refractivity (Wildman–Crippen MR) is 117 cm³/mol. The molecule has 0 atom stereocenters. The first-order valence-corrected chi connectivity index (χ1v) is 10.1. The number of hydrogen-bond donors (Lipinski definition) is 2. The first kappa shape index (κ1) is 21.9. The van der Waals surface area contributed by atoms with E-state index in [1.807, 2.05) is 30.3 Å². The second kappa shape index (κ2) is 10.3. The van der Waals surface area contributed by atoms with Gasteiger partial charge in [0.25, 0.3) is 0 Å². The van der Waals surface area contributed by atoms with E-state index in [1.54, 1.807) is 38.1 Å². The Kier molecular flexibility index (Phi) is 7.26. The van der Waals surface area contributed by atoms with E-state index in [-0.39, 0.29) is 32.0 Å². The molecular weight excluding hydrogens is 398 g/mol. The molecule has 0 fully saturated rings. The number of carbonyl (C=O) groups is 3. The van der Waals surface area contributed by atoms with Crippen molar-refractivity contribution in [1.29, 1.82) is 0 Å². The van der Waals surface area contributed by atoms with Gasteiger partial charge in [0.1, 0.15) is 12.2 Å². The van der Waals surface area contributed by atoms with Crippen LogP contribution in [0.25, 0.3) is 10.9 Å². The standard InChI is InChI=1S/C23H25N3O5/c1-3-30-20(27)15-26(23(29)24-16-10-6-5-7-11-16)14-18-17-12-8-9-13-19(17)25-21(18)22(28)31-4-2/h5-13,25H,3-4,14-15H2,1-2H3,(H,24,29). The van der Waals surface area contributed by atoms with Gasteiger partial charge in [0.15, 0.2) is 0 Å². The number of nitrogens with zero attached hydrogens (tertiary/aromatic N) is 1. The molecule has 0 aliphatic rings. The molecule has 2 aromatic carbocycles. The Bertz CT molecular complexity index is 1060. The van der Waals surface area contributed by atoms with E-state index in [0.29, 0.717) is 11.3 Å². The van der Waals surface area contributed by atoms with Gasteiger partial charge in [-0.2, -0.15) is 0 Å². The number of hydrogen-bond acceptors (Lipinski definition) is 5. The number of carbonyl (C=O) groups excluding carboxylic acids is 3. The van der Waals surface area contributed by atoms with Crippen LogP contribution in [0.2, 0.25) is 0 Å². The molecule has 1 heterocycles. The Morgan fingerprint density at radius 1 is 0.935 bits per heavy atom. The number of amides is 2. The molecule has 0 saturated carbocycles. The zero-order valence-corrected chi connectivity index (χ0v) is 17.5. The monoisotopic (exact) mass is 423 g/mol. The summed E-state index contributed by atoms with van der Waals surface area (Å²) < 4.78 is 10.2. The number of H-pyrrole nitrogens is 1. The number of aromatic nitrogens is 1. The summed E-state index contributed by atoms with van der Waals surface area (Å²) in [7, 11) is 0. The molecule has 2 N–H and O–H groups in total.